The second kappa shape index (κ2) is 4.53. The van der Waals surface area contributed by atoms with Gasteiger partial charge in [0, 0.05) is 19.8 Å². The highest BCUT2D eigenvalue weighted by Crippen LogP contribution is 2.33. The van der Waals surface area contributed by atoms with Gasteiger partial charge in [-0.15, -0.1) is 0 Å². The third-order valence-electron chi connectivity index (χ3n) is 1.42. The lowest BCUT2D eigenvalue weighted by molar-refractivity contribution is -0.107. The van der Waals surface area contributed by atoms with Crippen LogP contribution in [0.3, 0.4) is 0 Å². The maximum Gasteiger partial charge on any atom is 0.124 e. The Morgan fingerprint density at radius 1 is 1.17 bits per heavy atom. The summed E-state index contributed by atoms with van der Waals surface area (Å²) in [5.74, 6) is 0. The van der Waals surface area contributed by atoms with Crippen molar-refractivity contribution in [2.45, 2.75) is 6.42 Å². The van der Waals surface area contributed by atoms with Crippen LogP contribution < -0.4 is 0 Å². The zero-order valence-corrected chi connectivity index (χ0v) is 10.7. The Kier molecular flexibility index (Phi) is 3.93. The van der Waals surface area contributed by atoms with Crippen molar-refractivity contribution in [1.29, 1.82) is 0 Å². The van der Waals surface area contributed by atoms with Crippen LogP contribution in [0.25, 0.3) is 0 Å². The Hall–Kier alpha value is 0.330. The van der Waals surface area contributed by atoms with Gasteiger partial charge in [0.05, 0.1) is 0 Å². The van der Waals surface area contributed by atoms with E-state index >= 15 is 0 Å². The van der Waals surface area contributed by atoms with Crippen LogP contribution >= 0.6 is 47.8 Å². The van der Waals surface area contributed by atoms with E-state index in [0.29, 0.717) is 6.42 Å². The molecule has 0 saturated carbocycles. The minimum Gasteiger partial charge on any atom is -0.303 e. The number of carbonyl (C=O) groups excluding carboxylic acids is 1. The first-order valence-corrected chi connectivity index (χ1v) is 5.60. The monoisotopic (exact) mass is 354 g/mol. The van der Waals surface area contributed by atoms with Crippen LogP contribution in [0, 0.1) is 0 Å². The van der Waals surface area contributed by atoms with Crippen LogP contribution in [0.5, 0.6) is 0 Å². The van der Waals surface area contributed by atoms with Gasteiger partial charge in [0.1, 0.15) is 6.29 Å². The number of hydrogen-bond acceptors (Lipinski definition) is 1. The molecule has 0 fully saturated rings. The third kappa shape index (κ3) is 2.18. The fourth-order valence-corrected chi connectivity index (χ4v) is 2.30. The summed E-state index contributed by atoms with van der Waals surface area (Å²) in [5.41, 5.74) is 0.986. The molecular formula is C8H5Br3O. The van der Waals surface area contributed by atoms with Gasteiger partial charge in [0.2, 0.25) is 0 Å². The van der Waals surface area contributed by atoms with Crippen LogP contribution in [-0.4, -0.2) is 6.29 Å². The van der Waals surface area contributed by atoms with Gasteiger partial charge in [0.25, 0.3) is 0 Å². The lowest BCUT2D eigenvalue weighted by atomic mass is 10.2. The molecule has 1 nitrogen and oxygen atoms in total. The molecule has 0 spiro atoms. The predicted octanol–water partition coefficient (Wildman–Crippen LogP) is 3.72. The maximum absolute atomic E-state index is 10.3. The normalized spacial score (nSPS) is 9.92. The second-order valence-electron chi connectivity index (χ2n) is 2.21. The number of hydrogen-bond donors (Lipinski definition) is 0. The fraction of sp³-hybridized carbons (Fsp3) is 0.125. The zero-order valence-electron chi connectivity index (χ0n) is 5.98. The van der Waals surface area contributed by atoms with E-state index in [1.165, 1.54) is 0 Å². The van der Waals surface area contributed by atoms with E-state index in [4.69, 9.17) is 0 Å². The zero-order chi connectivity index (χ0) is 9.14. The van der Waals surface area contributed by atoms with E-state index in [0.717, 1.165) is 25.3 Å². The van der Waals surface area contributed by atoms with Crippen molar-refractivity contribution in [3.8, 4) is 0 Å². The molecule has 64 valence electrons. The molecule has 1 aromatic rings. The van der Waals surface area contributed by atoms with Crippen LogP contribution in [0.15, 0.2) is 25.6 Å². The van der Waals surface area contributed by atoms with Crippen molar-refractivity contribution >= 4 is 54.1 Å². The summed E-state index contributed by atoms with van der Waals surface area (Å²) in [6.45, 7) is 0. The fourth-order valence-electron chi connectivity index (χ4n) is 0.813. The Morgan fingerprint density at radius 3 is 2.42 bits per heavy atom. The highest BCUT2D eigenvalue weighted by Gasteiger charge is 2.06. The van der Waals surface area contributed by atoms with Crippen LogP contribution in [0.1, 0.15) is 5.56 Å². The summed E-state index contributed by atoms with van der Waals surface area (Å²) in [6.07, 6.45) is 1.33. The first kappa shape index (κ1) is 10.4. The molecule has 12 heavy (non-hydrogen) atoms. The van der Waals surface area contributed by atoms with Crippen LogP contribution in [0.2, 0.25) is 0 Å². The lowest BCUT2D eigenvalue weighted by Gasteiger charge is -2.04. The van der Waals surface area contributed by atoms with Crippen molar-refractivity contribution in [3.05, 3.63) is 31.1 Å². The Bertz CT molecular complexity index is 309. The van der Waals surface area contributed by atoms with Gasteiger partial charge < -0.3 is 4.79 Å². The average molecular weight is 357 g/mol. The largest absolute Gasteiger partial charge is 0.303 e. The molecule has 0 aliphatic heterocycles. The predicted molar refractivity (Wildman–Crippen MR) is 59.3 cm³/mol. The first-order chi connectivity index (χ1) is 5.66. The molecule has 0 saturated heterocycles. The van der Waals surface area contributed by atoms with Gasteiger partial charge >= 0.3 is 0 Å². The van der Waals surface area contributed by atoms with Gasteiger partial charge in [-0.05, 0) is 59.4 Å². The Balaban J connectivity index is 3.16. The number of carbonyl (C=O) groups is 1. The molecule has 0 aliphatic carbocycles. The van der Waals surface area contributed by atoms with Gasteiger partial charge in [-0.25, -0.2) is 0 Å². The van der Waals surface area contributed by atoms with Gasteiger partial charge in [0.15, 0.2) is 0 Å². The van der Waals surface area contributed by atoms with E-state index in [1.807, 2.05) is 12.1 Å². The summed E-state index contributed by atoms with van der Waals surface area (Å²) in [4.78, 5) is 10.3. The van der Waals surface area contributed by atoms with E-state index < -0.39 is 0 Å². The first-order valence-electron chi connectivity index (χ1n) is 3.23. The topological polar surface area (TPSA) is 17.1 Å². The summed E-state index contributed by atoms with van der Waals surface area (Å²) in [6, 6.07) is 3.82. The molecule has 0 bridgehead atoms. The molecule has 0 atom stereocenters. The molecule has 0 N–H and O–H groups in total. The minimum absolute atomic E-state index is 0.437. The molecule has 1 rings (SSSR count). The molecule has 0 amide bonds. The van der Waals surface area contributed by atoms with Gasteiger partial charge in [-0.2, -0.15) is 0 Å². The summed E-state index contributed by atoms with van der Waals surface area (Å²) in [7, 11) is 0. The van der Waals surface area contributed by atoms with Crippen LogP contribution in [0.4, 0.5) is 0 Å². The van der Waals surface area contributed by atoms with Crippen molar-refractivity contribution in [1.82, 2.24) is 0 Å². The molecule has 0 aromatic heterocycles. The smallest absolute Gasteiger partial charge is 0.124 e. The summed E-state index contributed by atoms with van der Waals surface area (Å²) >= 11 is 10.2. The molecule has 1 aromatic carbocycles. The van der Waals surface area contributed by atoms with Crippen LogP contribution in [-0.2, 0) is 11.2 Å². The summed E-state index contributed by atoms with van der Waals surface area (Å²) in [5, 5.41) is 0. The van der Waals surface area contributed by atoms with Gasteiger partial charge in [-0.3, -0.25) is 0 Å². The number of halogens is 3. The van der Waals surface area contributed by atoms with E-state index in [2.05, 4.69) is 47.8 Å². The number of rotatable bonds is 2. The van der Waals surface area contributed by atoms with Crippen molar-refractivity contribution in [3.63, 3.8) is 0 Å². The molecule has 0 heterocycles. The number of benzene rings is 1. The van der Waals surface area contributed by atoms with E-state index in [1.54, 1.807) is 0 Å². The average Bonchev–Trinajstić information content (AvgIpc) is 2.07. The van der Waals surface area contributed by atoms with Crippen molar-refractivity contribution in [2.24, 2.45) is 0 Å². The molecule has 4 heteroatoms. The quantitative estimate of drug-likeness (QED) is 0.583. The molecule has 0 unspecified atom stereocenters. The lowest BCUT2D eigenvalue weighted by Crippen LogP contribution is -1.88. The summed E-state index contributed by atoms with van der Waals surface area (Å²) < 4.78 is 2.86. The maximum atomic E-state index is 10.3. The third-order valence-corrected chi connectivity index (χ3v) is 4.87. The molecular weight excluding hydrogens is 352 g/mol. The van der Waals surface area contributed by atoms with Crippen molar-refractivity contribution < 1.29 is 4.79 Å². The second-order valence-corrected chi connectivity index (χ2v) is 4.65. The molecule has 0 aliphatic rings. The minimum atomic E-state index is 0.437. The van der Waals surface area contributed by atoms with E-state index in [9.17, 15) is 4.79 Å². The number of aldehydes is 1. The Labute approximate surface area is 95.9 Å². The highest BCUT2D eigenvalue weighted by atomic mass is 79.9. The Morgan fingerprint density at radius 2 is 1.83 bits per heavy atom. The SMILES string of the molecule is O=CCc1ccc(Br)c(Br)c1Br. The van der Waals surface area contributed by atoms with Crippen molar-refractivity contribution in [2.75, 3.05) is 0 Å². The molecule has 0 radical (unpaired) electrons. The van der Waals surface area contributed by atoms with Gasteiger partial charge in [-0.1, -0.05) is 6.07 Å². The standard InChI is InChI=1S/C8H5Br3O/c9-6-2-1-5(3-4-12)7(10)8(6)11/h1-2,4H,3H2. The highest BCUT2D eigenvalue weighted by molar-refractivity contribution is 9.14. The van der Waals surface area contributed by atoms with E-state index in [-0.39, 0.29) is 0 Å².